The number of esters is 1. The van der Waals surface area contributed by atoms with E-state index in [2.05, 4.69) is 20.4 Å². The average molecular weight is 234 g/mol. The summed E-state index contributed by atoms with van der Waals surface area (Å²) in [4.78, 5) is 12.1. The number of rotatable bonds is 0. The topological polar surface area (TPSA) is 26.3 Å². The smallest absolute Gasteiger partial charge is 0.316 e. The van der Waals surface area contributed by atoms with E-state index in [0.717, 1.165) is 24.3 Å². The van der Waals surface area contributed by atoms with Gasteiger partial charge in [0.1, 0.15) is 6.61 Å². The van der Waals surface area contributed by atoms with Crippen molar-refractivity contribution >= 4 is 5.97 Å². The number of carbonyl (C=O) groups excluding carboxylic acids is 1. The van der Waals surface area contributed by atoms with Crippen molar-refractivity contribution in [3.8, 4) is 0 Å². The van der Waals surface area contributed by atoms with Crippen LogP contribution in [0.15, 0.2) is 12.2 Å². The maximum absolute atomic E-state index is 12.1. The monoisotopic (exact) mass is 234 g/mol. The predicted molar refractivity (Wildman–Crippen MR) is 66.4 cm³/mol. The van der Waals surface area contributed by atoms with Crippen molar-refractivity contribution in [1.29, 1.82) is 0 Å². The summed E-state index contributed by atoms with van der Waals surface area (Å²) in [6.07, 6.45) is 5.88. The molecule has 0 N–H and O–H groups in total. The van der Waals surface area contributed by atoms with Crippen molar-refractivity contribution in [2.24, 2.45) is 22.7 Å². The summed E-state index contributed by atoms with van der Waals surface area (Å²) in [5.41, 5.74) is 1.04. The Morgan fingerprint density at radius 1 is 1.41 bits per heavy atom. The molecule has 2 saturated carbocycles. The average Bonchev–Trinajstić information content (AvgIpc) is 2.74. The molecular weight excluding hydrogens is 212 g/mol. The zero-order valence-corrected chi connectivity index (χ0v) is 10.9. The van der Waals surface area contributed by atoms with Gasteiger partial charge < -0.3 is 4.74 Å². The lowest BCUT2D eigenvalue weighted by atomic mass is 9.63. The van der Waals surface area contributed by atoms with Crippen molar-refractivity contribution in [3.05, 3.63) is 12.2 Å². The van der Waals surface area contributed by atoms with Gasteiger partial charge in [0.2, 0.25) is 0 Å². The quantitative estimate of drug-likeness (QED) is 0.475. The fraction of sp³-hybridized carbons (Fsp3) is 0.800. The third-order valence-electron chi connectivity index (χ3n) is 5.97. The Morgan fingerprint density at radius 2 is 2.18 bits per heavy atom. The number of hydrogen-bond acceptors (Lipinski definition) is 2. The molecule has 0 aromatic carbocycles. The molecule has 0 aromatic heterocycles. The standard InChI is InChI=1S/C15H22O2/c1-10-5-4-6-12-7-15(9-14(10,12)3)11(2)8-17-13(15)16/h10,12H,2,4-9H2,1,3H3/t10-,12-,14-,15-/m0/s1. The van der Waals surface area contributed by atoms with Crippen LogP contribution in [0.1, 0.15) is 46.0 Å². The van der Waals surface area contributed by atoms with Crippen LogP contribution in [0.4, 0.5) is 0 Å². The minimum absolute atomic E-state index is 0.00493. The summed E-state index contributed by atoms with van der Waals surface area (Å²) in [6.45, 7) is 9.30. The first-order valence-corrected chi connectivity index (χ1v) is 6.84. The first-order chi connectivity index (χ1) is 7.99. The van der Waals surface area contributed by atoms with Gasteiger partial charge in [0.05, 0.1) is 5.41 Å². The fourth-order valence-electron chi connectivity index (χ4n) is 4.53. The summed E-state index contributed by atoms with van der Waals surface area (Å²) < 4.78 is 5.25. The van der Waals surface area contributed by atoms with E-state index in [1.54, 1.807) is 0 Å². The molecule has 1 aliphatic heterocycles. The minimum Gasteiger partial charge on any atom is -0.460 e. The van der Waals surface area contributed by atoms with Crippen LogP contribution in [0.3, 0.4) is 0 Å². The zero-order valence-electron chi connectivity index (χ0n) is 10.9. The van der Waals surface area contributed by atoms with E-state index in [1.807, 2.05) is 0 Å². The lowest BCUT2D eigenvalue weighted by Crippen LogP contribution is -2.34. The molecule has 3 rings (SSSR count). The van der Waals surface area contributed by atoms with E-state index < -0.39 is 0 Å². The molecular formula is C15H22O2. The van der Waals surface area contributed by atoms with Gasteiger partial charge in [-0.05, 0) is 42.1 Å². The molecule has 0 bridgehead atoms. The van der Waals surface area contributed by atoms with Crippen LogP contribution in [0.5, 0.6) is 0 Å². The van der Waals surface area contributed by atoms with Gasteiger partial charge in [0, 0.05) is 0 Å². The number of ether oxygens (including phenoxy) is 1. The van der Waals surface area contributed by atoms with E-state index in [1.165, 1.54) is 19.3 Å². The van der Waals surface area contributed by atoms with Crippen LogP contribution in [0, 0.1) is 22.7 Å². The lowest BCUT2D eigenvalue weighted by molar-refractivity contribution is -0.146. The minimum atomic E-state index is -0.321. The molecule has 2 nitrogen and oxygen atoms in total. The molecule has 0 aromatic rings. The van der Waals surface area contributed by atoms with Crippen LogP contribution in [-0.2, 0) is 9.53 Å². The summed E-state index contributed by atoms with van der Waals surface area (Å²) >= 11 is 0. The molecule has 0 amide bonds. The summed E-state index contributed by atoms with van der Waals surface area (Å²) in [7, 11) is 0. The van der Waals surface area contributed by atoms with Gasteiger partial charge in [0.25, 0.3) is 0 Å². The van der Waals surface area contributed by atoms with Crippen LogP contribution < -0.4 is 0 Å². The molecule has 94 valence electrons. The Morgan fingerprint density at radius 3 is 2.76 bits per heavy atom. The maximum atomic E-state index is 12.1. The number of fused-ring (bicyclic) bond motifs is 1. The SMILES string of the molecule is C=C1COC(=O)[C@]12C[C@@H]1CCC[C@H](C)[C@]1(C)C2. The highest BCUT2D eigenvalue weighted by Gasteiger charge is 2.61. The molecule has 3 fully saturated rings. The van der Waals surface area contributed by atoms with E-state index >= 15 is 0 Å². The molecule has 1 saturated heterocycles. The summed E-state index contributed by atoms with van der Waals surface area (Å²) in [6, 6.07) is 0. The Balaban J connectivity index is 1.98. The normalized spacial score (nSPS) is 49.5. The van der Waals surface area contributed by atoms with Crippen LogP contribution >= 0.6 is 0 Å². The Kier molecular flexibility index (Phi) is 2.24. The van der Waals surface area contributed by atoms with Crippen LogP contribution in [0.25, 0.3) is 0 Å². The van der Waals surface area contributed by atoms with Crippen LogP contribution in [0.2, 0.25) is 0 Å². The third-order valence-corrected chi connectivity index (χ3v) is 5.97. The highest BCUT2D eigenvalue weighted by atomic mass is 16.5. The molecule has 4 atom stereocenters. The number of cyclic esters (lactones) is 1. The van der Waals surface area contributed by atoms with Gasteiger partial charge in [-0.2, -0.15) is 0 Å². The van der Waals surface area contributed by atoms with Crippen molar-refractivity contribution in [2.75, 3.05) is 6.61 Å². The van der Waals surface area contributed by atoms with E-state index in [9.17, 15) is 4.79 Å². The number of hydrogen-bond donors (Lipinski definition) is 0. The molecule has 17 heavy (non-hydrogen) atoms. The van der Waals surface area contributed by atoms with Crippen molar-refractivity contribution < 1.29 is 9.53 Å². The van der Waals surface area contributed by atoms with Gasteiger partial charge in [-0.25, -0.2) is 0 Å². The molecule has 0 radical (unpaired) electrons. The van der Waals surface area contributed by atoms with Crippen molar-refractivity contribution in [1.82, 2.24) is 0 Å². The second-order valence-corrected chi connectivity index (χ2v) is 6.68. The van der Waals surface area contributed by atoms with E-state index in [-0.39, 0.29) is 11.4 Å². The fourth-order valence-corrected chi connectivity index (χ4v) is 4.53. The molecule has 2 heteroatoms. The van der Waals surface area contributed by atoms with Crippen LogP contribution in [-0.4, -0.2) is 12.6 Å². The largest absolute Gasteiger partial charge is 0.460 e. The van der Waals surface area contributed by atoms with Gasteiger partial charge in [-0.15, -0.1) is 0 Å². The van der Waals surface area contributed by atoms with E-state index in [4.69, 9.17) is 4.74 Å². The van der Waals surface area contributed by atoms with Gasteiger partial charge in [-0.1, -0.05) is 33.3 Å². The molecule has 1 heterocycles. The summed E-state index contributed by atoms with van der Waals surface area (Å²) in [5, 5.41) is 0. The van der Waals surface area contributed by atoms with Crippen molar-refractivity contribution in [3.63, 3.8) is 0 Å². The third kappa shape index (κ3) is 1.30. The van der Waals surface area contributed by atoms with Gasteiger partial charge in [0.15, 0.2) is 0 Å². The van der Waals surface area contributed by atoms with Gasteiger partial charge >= 0.3 is 5.97 Å². The molecule has 0 unspecified atom stereocenters. The molecule has 2 aliphatic carbocycles. The summed E-state index contributed by atoms with van der Waals surface area (Å²) in [5.74, 6) is 1.42. The van der Waals surface area contributed by atoms with Gasteiger partial charge in [-0.3, -0.25) is 4.79 Å². The van der Waals surface area contributed by atoms with Crippen molar-refractivity contribution in [2.45, 2.75) is 46.0 Å². The lowest BCUT2D eigenvalue weighted by Gasteiger charge is -2.42. The first kappa shape index (κ1) is 11.3. The van der Waals surface area contributed by atoms with E-state index in [0.29, 0.717) is 17.9 Å². The highest BCUT2D eigenvalue weighted by molar-refractivity contribution is 5.84. The molecule has 3 aliphatic rings. The Labute approximate surface area is 103 Å². The second kappa shape index (κ2) is 3.37. The molecule has 1 spiro atoms. The predicted octanol–water partition coefficient (Wildman–Crippen LogP) is 3.32. The number of carbonyl (C=O) groups is 1. The maximum Gasteiger partial charge on any atom is 0.316 e. The Hall–Kier alpha value is -0.790. The second-order valence-electron chi connectivity index (χ2n) is 6.68. The zero-order chi connectivity index (χ0) is 12.3. The Bertz CT molecular complexity index is 368. The first-order valence-electron chi connectivity index (χ1n) is 6.84. The highest BCUT2D eigenvalue weighted by Crippen LogP contribution is 2.64.